The minimum Gasteiger partial charge on any atom is -0.408 e. The van der Waals surface area contributed by atoms with Crippen LogP contribution in [-0.2, 0) is 21.8 Å². The van der Waals surface area contributed by atoms with Crippen molar-refractivity contribution in [2.75, 3.05) is 13.2 Å². The first-order valence-electron chi connectivity index (χ1n) is 7.03. The van der Waals surface area contributed by atoms with Gasteiger partial charge in [0.1, 0.15) is 0 Å². The molecule has 0 bridgehead atoms. The summed E-state index contributed by atoms with van der Waals surface area (Å²) in [6, 6.07) is 4.25. The maximum atomic E-state index is 12.8. The van der Waals surface area contributed by atoms with Crippen molar-refractivity contribution in [2.24, 2.45) is 7.05 Å². The summed E-state index contributed by atoms with van der Waals surface area (Å²) in [6.45, 7) is 4.32. The molecule has 3 rings (SSSR count). The maximum Gasteiger partial charge on any atom is 0.419 e. The highest BCUT2D eigenvalue weighted by Crippen LogP contribution is 2.25. The normalized spacial score (nSPS) is 24.0. The molecule has 0 amide bonds. The lowest BCUT2D eigenvalue weighted by atomic mass is 10.2. The molecule has 2 atom stereocenters. The van der Waals surface area contributed by atoms with Gasteiger partial charge in [0.2, 0.25) is 10.0 Å². The Balaban J connectivity index is 2.06. The number of hydrogen-bond donors (Lipinski definition) is 0. The summed E-state index contributed by atoms with van der Waals surface area (Å²) >= 11 is 0. The summed E-state index contributed by atoms with van der Waals surface area (Å²) in [4.78, 5) is 11.6. The summed E-state index contributed by atoms with van der Waals surface area (Å²) in [6.07, 6.45) is -0.149. The second-order valence-electron chi connectivity index (χ2n) is 5.62. The van der Waals surface area contributed by atoms with E-state index in [1.165, 1.54) is 21.0 Å². The molecule has 0 saturated carbocycles. The molecule has 0 radical (unpaired) electrons. The Labute approximate surface area is 128 Å². The highest BCUT2D eigenvalue weighted by atomic mass is 32.2. The molecule has 2 aromatic rings. The third kappa shape index (κ3) is 2.37. The van der Waals surface area contributed by atoms with Crippen LogP contribution in [0, 0.1) is 0 Å². The molecular weight excluding hydrogens is 308 g/mol. The van der Waals surface area contributed by atoms with Crippen molar-refractivity contribution in [3.8, 4) is 0 Å². The van der Waals surface area contributed by atoms with Crippen LogP contribution in [0.1, 0.15) is 13.8 Å². The van der Waals surface area contributed by atoms with Gasteiger partial charge in [0.15, 0.2) is 5.58 Å². The lowest BCUT2D eigenvalue weighted by molar-refractivity contribution is -0.0170. The number of rotatable bonds is 2. The first kappa shape index (κ1) is 15.3. The highest BCUT2D eigenvalue weighted by Gasteiger charge is 2.34. The third-order valence-corrected chi connectivity index (χ3v) is 5.90. The summed E-state index contributed by atoms with van der Waals surface area (Å²) < 4.78 is 39.0. The van der Waals surface area contributed by atoms with E-state index in [1.54, 1.807) is 13.1 Å². The zero-order chi connectivity index (χ0) is 16.1. The molecule has 1 fully saturated rings. The van der Waals surface area contributed by atoms with Crippen molar-refractivity contribution in [2.45, 2.75) is 30.9 Å². The number of nitrogens with zero attached hydrogens (tertiary/aromatic N) is 2. The molecule has 22 heavy (non-hydrogen) atoms. The molecule has 0 aliphatic carbocycles. The molecule has 7 nitrogen and oxygen atoms in total. The summed E-state index contributed by atoms with van der Waals surface area (Å²) in [7, 11) is -2.08. The van der Waals surface area contributed by atoms with Crippen LogP contribution >= 0.6 is 0 Å². The summed E-state index contributed by atoms with van der Waals surface area (Å²) in [5.74, 6) is -0.516. The maximum absolute atomic E-state index is 12.8. The smallest absolute Gasteiger partial charge is 0.408 e. The molecule has 2 unspecified atom stereocenters. The predicted octanol–water partition coefficient (Wildman–Crippen LogP) is 0.929. The highest BCUT2D eigenvalue weighted by molar-refractivity contribution is 7.89. The molecule has 2 heterocycles. The minimum absolute atomic E-state index is 0.121. The molecule has 1 saturated heterocycles. The molecule has 0 N–H and O–H groups in total. The van der Waals surface area contributed by atoms with E-state index in [1.807, 2.05) is 13.8 Å². The number of hydrogen-bond acceptors (Lipinski definition) is 5. The average Bonchev–Trinajstić information content (AvgIpc) is 2.76. The Hall–Kier alpha value is -1.64. The van der Waals surface area contributed by atoms with E-state index in [2.05, 4.69) is 0 Å². The van der Waals surface area contributed by atoms with Crippen molar-refractivity contribution in [1.82, 2.24) is 8.87 Å². The molecular formula is C14H18N2O5S. The Bertz CT molecular complexity index is 867. The van der Waals surface area contributed by atoms with Gasteiger partial charge >= 0.3 is 5.76 Å². The average molecular weight is 326 g/mol. The first-order chi connectivity index (χ1) is 10.3. The SMILES string of the molecule is CC1CN(S(=O)(=O)c2ccc3c(c2)oc(=O)n3C)C(C)CO1. The fourth-order valence-corrected chi connectivity index (χ4v) is 4.33. The first-order valence-corrected chi connectivity index (χ1v) is 8.47. The summed E-state index contributed by atoms with van der Waals surface area (Å²) in [5.41, 5.74) is 0.829. The zero-order valence-corrected chi connectivity index (χ0v) is 13.5. The van der Waals surface area contributed by atoms with Crippen LogP contribution in [0.4, 0.5) is 0 Å². The Morgan fingerprint density at radius 1 is 1.27 bits per heavy atom. The van der Waals surface area contributed by atoms with Crippen LogP contribution in [-0.4, -0.2) is 42.6 Å². The number of aryl methyl sites for hydroxylation is 1. The van der Waals surface area contributed by atoms with Gasteiger partial charge in [0.05, 0.1) is 23.1 Å². The third-order valence-electron chi connectivity index (χ3n) is 3.92. The zero-order valence-electron chi connectivity index (χ0n) is 12.6. The van der Waals surface area contributed by atoms with Crippen LogP contribution in [0.3, 0.4) is 0 Å². The van der Waals surface area contributed by atoms with Crippen molar-refractivity contribution in [3.05, 3.63) is 28.7 Å². The minimum atomic E-state index is -3.66. The molecule has 1 aromatic carbocycles. The van der Waals surface area contributed by atoms with E-state index in [9.17, 15) is 13.2 Å². The quantitative estimate of drug-likeness (QED) is 0.820. The van der Waals surface area contributed by atoms with Gasteiger partial charge < -0.3 is 9.15 Å². The van der Waals surface area contributed by atoms with Gasteiger partial charge in [0.25, 0.3) is 0 Å². The fraction of sp³-hybridized carbons (Fsp3) is 0.500. The number of benzene rings is 1. The van der Waals surface area contributed by atoms with Crippen LogP contribution in [0.15, 0.2) is 32.3 Å². The van der Waals surface area contributed by atoms with Crippen molar-refractivity contribution < 1.29 is 17.6 Å². The molecule has 1 aromatic heterocycles. The predicted molar refractivity (Wildman–Crippen MR) is 80.2 cm³/mol. The van der Waals surface area contributed by atoms with Crippen LogP contribution in [0.5, 0.6) is 0 Å². The van der Waals surface area contributed by atoms with Crippen LogP contribution in [0.25, 0.3) is 11.1 Å². The second-order valence-corrected chi connectivity index (χ2v) is 7.51. The van der Waals surface area contributed by atoms with E-state index in [4.69, 9.17) is 9.15 Å². The molecule has 1 aliphatic rings. The molecule has 1 aliphatic heterocycles. The molecule has 120 valence electrons. The molecule has 8 heteroatoms. The largest absolute Gasteiger partial charge is 0.419 e. The number of ether oxygens (including phenoxy) is 1. The van der Waals surface area contributed by atoms with Gasteiger partial charge in [-0.3, -0.25) is 4.57 Å². The standard InChI is InChI=1S/C14H18N2O5S/c1-9-8-20-10(2)7-16(9)22(18,19)11-4-5-12-13(6-11)21-14(17)15(12)3/h4-6,9-10H,7-8H2,1-3H3. The Kier molecular flexibility index (Phi) is 3.62. The van der Waals surface area contributed by atoms with Gasteiger partial charge in [-0.15, -0.1) is 0 Å². The molecule has 0 spiro atoms. The van der Waals surface area contributed by atoms with Crippen molar-refractivity contribution in [1.29, 1.82) is 0 Å². The number of aromatic nitrogens is 1. The number of fused-ring (bicyclic) bond motifs is 1. The summed E-state index contributed by atoms with van der Waals surface area (Å²) in [5, 5.41) is 0. The number of morpholine rings is 1. The van der Waals surface area contributed by atoms with E-state index >= 15 is 0 Å². The van der Waals surface area contributed by atoms with E-state index in [0.29, 0.717) is 18.7 Å². The van der Waals surface area contributed by atoms with Crippen molar-refractivity contribution >= 4 is 21.1 Å². The monoisotopic (exact) mass is 326 g/mol. The van der Waals surface area contributed by atoms with E-state index < -0.39 is 15.8 Å². The van der Waals surface area contributed by atoms with Gasteiger partial charge in [-0.2, -0.15) is 4.31 Å². The number of sulfonamides is 1. The Morgan fingerprint density at radius 2 is 2.00 bits per heavy atom. The topological polar surface area (TPSA) is 81.8 Å². The second kappa shape index (κ2) is 5.22. The van der Waals surface area contributed by atoms with Gasteiger partial charge in [-0.25, -0.2) is 13.2 Å². The number of oxazole rings is 1. The van der Waals surface area contributed by atoms with Crippen LogP contribution < -0.4 is 5.76 Å². The van der Waals surface area contributed by atoms with Crippen molar-refractivity contribution in [3.63, 3.8) is 0 Å². The lowest BCUT2D eigenvalue weighted by Crippen LogP contribution is -2.50. The lowest BCUT2D eigenvalue weighted by Gasteiger charge is -2.35. The fourth-order valence-electron chi connectivity index (χ4n) is 2.62. The van der Waals surface area contributed by atoms with Crippen LogP contribution in [0.2, 0.25) is 0 Å². The van der Waals surface area contributed by atoms with Gasteiger partial charge in [0, 0.05) is 25.7 Å². The van der Waals surface area contributed by atoms with Gasteiger partial charge in [-0.05, 0) is 26.0 Å². The van der Waals surface area contributed by atoms with E-state index in [0.717, 1.165) is 0 Å². The van der Waals surface area contributed by atoms with Gasteiger partial charge in [-0.1, -0.05) is 0 Å². The van der Waals surface area contributed by atoms with E-state index in [-0.39, 0.29) is 22.6 Å². The Morgan fingerprint density at radius 3 is 2.73 bits per heavy atom.